The lowest BCUT2D eigenvalue weighted by Crippen LogP contribution is -2.49. The van der Waals surface area contributed by atoms with Crippen molar-refractivity contribution in [3.8, 4) is 0 Å². The zero-order chi connectivity index (χ0) is 19.2. The van der Waals surface area contributed by atoms with Gasteiger partial charge in [-0.2, -0.15) is 0 Å². The van der Waals surface area contributed by atoms with Crippen LogP contribution in [0.5, 0.6) is 0 Å². The van der Waals surface area contributed by atoms with Gasteiger partial charge in [0.2, 0.25) is 0 Å². The second kappa shape index (κ2) is 8.85. The fraction of sp³-hybridized carbons (Fsp3) is 0.391. The molecule has 2 atom stereocenters. The second-order valence-corrected chi connectivity index (χ2v) is 7.29. The number of hydrogen-bond acceptors (Lipinski definition) is 3. The minimum Gasteiger partial charge on any atom is -0.455 e. The van der Waals surface area contributed by atoms with Crippen molar-refractivity contribution >= 4 is 11.9 Å². The Labute approximate surface area is 161 Å². The van der Waals surface area contributed by atoms with E-state index in [1.54, 1.807) is 0 Å². The first-order valence-electron chi connectivity index (χ1n) is 9.65. The molecule has 142 valence electrons. The van der Waals surface area contributed by atoms with Crippen molar-refractivity contribution in [2.45, 2.75) is 51.1 Å². The van der Waals surface area contributed by atoms with E-state index < -0.39 is 11.9 Å². The third-order valence-corrected chi connectivity index (χ3v) is 5.32. The van der Waals surface area contributed by atoms with Gasteiger partial charge >= 0.3 is 5.97 Å². The summed E-state index contributed by atoms with van der Waals surface area (Å²) in [5.41, 5.74) is 1.72. The van der Waals surface area contributed by atoms with Crippen molar-refractivity contribution in [1.82, 2.24) is 4.90 Å². The first-order valence-corrected chi connectivity index (χ1v) is 9.65. The van der Waals surface area contributed by atoms with Gasteiger partial charge in [-0.05, 0) is 44.2 Å². The number of piperidine rings is 1. The van der Waals surface area contributed by atoms with Gasteiger partial charge in [-0.15, -0.1) is 0 Å². The van der Waals surface area contributed by atoms with Gasteiger partial charge in [0.25, 0.3) is 5.91 Å². The van der Waals surface area contributed by atoms with E-state index in [0.29, 0.717) is 0 Å². The number of nitrogens with zero attached hydrogens (tertiary/aromatic N) is 1. The Morgan fingerprint density at radius 1 is 0.926 bits per heavy atom. The highest BCUT2D eigenvalue weighted by Gasteiger charge is 2.31. The van der Waals surface area contributed by atoms with Gasteiger partial charge in [0.05, 0.1) is 0 Å². The number of rotatable bonds is 5. The topological polar surface area (TPSA) is 46.6 Å². The van der Waals surface area contributed by atoms with E-state index in [0.717, 1.165) is 30.4 Å². The van der Waals surface area contributed by atoms with Crippen molar-refractivity contribution < 1.29 is 14.3 Å². The van der Waals surface area contributed by atoms with Crippen LogP contribution in [0.1, 0.15) is 50.2 Å². The SMILES string of the molecule is CC1CCCC(C)N1C(=O)COC(=O)C(c1ccccc1)c1ccccc1. The predicted molar refractivity (Wildman–Crippen MR) is 105 cm³/mol. The molecule has 2 aromatic carbocycles. The fourth-order valence-electron chi connectivity index (χ4n) is 3.96. The molecule has 1 heterocycles. The molecule has 0 N–H and O–H groups in total. The minimum absolute atomic E-state index is 0.108. The molecule has 2 aromatic rings. The Balaban J connectivity index is 1.73. The molecular weight excluding hydrogens is 338 g/mol. The number of likely N-dealkylation sites (tertiary alicyclic amines) is 1. The largest absolute Gasteiger partial charge is 0.455 e. The Hall–Kier alpha value is -2.62. The average molecular weight is 365 g/mol. The van der Waals surface area contributed by atoms with Crippen molar-refractivity contribution in [3.63, 3.8) is 0 Å². The number of ether oxygens (including phenoxy) is 1. The Bertz CT molecular complexity index is 710. The molecule has 0 aromatic heterocycles. The van der Waals surface area contributed by atoms with Crippen LogP contribution in [0.4, 0.5) is 0 Å². The molecule has 0 radical (unpaired) electrons. The Morgan fingerprint density at radius 3 is 1.89 bits per heavy atom. The van der Waals surface area contributed by atoms with Gasteiger partial charge in [0.1, 0.15) is 5.92 Å². The minimum atomic E-state index is -0.531. The molecule has 3 rings (SSSR count). The van der Waals surface area contributed by atoms with E-state index in [2.05, 4.69) is 13.8 Å². The van der Waals surface area contributed by atoms with Gasteiger partial charge in [0.15, 0.2) is 6.61 Å². The molecule has 1 aliphatic heterocycles. The molecular formula is C23H27NO3. The van der Waals surface area contributed by atoms with E-state index >= 15 is 0 Å². The maximum atomic E-state index is 12.9. The van der Waals surface area contributed by atoms with Gasteiger partial charge in [-0.1, -0.05) is 60.7 Å². The van der Waals surface area contributed by atoms with Crippen LogP contribution < -0.4 is 0 Å². The van der Waals surface area contributed by atoms with E-state index in [1.165, 1.54) is 0 Å². The molecule has 4 nitrogen and oxygen atoms in total. The van der Waals surface area contributed by atoms with Gasteiger partial charge in [0, 0.05) is 12.1 Å². The first kappa shape index (κ1) is 19.2. The number of hydrogen-bond donors (Lipinski definition) is 0. The number of amides is 1. The highest BCUT2D eigenvalue weighted by molar-refractivity contribution is 5.86. The molecule has 1 saturated heterocycles. The second-order valence-electron chi connectivity index (χ2n) is 7.29. The van der Waals surface area contributed by atoms with Gasteiger partial charge in [-0.25, -0.2) is 0 Å². The van der Waals surface area contributed by atoms with Crippen LogP contribution in [-0.2, 0) is 14.3 Å². The van der Waals surface area contributed by atoms with Crippen molar-refractivity contribution in [1.29, 1.82) is 0 Å². The van der Waals surface area contributed by atoms with E-state index in [-0.39, 0.29) is 24.6 Å². The lowest BCUT2D eigenvalue weighted by atomic mass is 9.91. The summed E-state index contributed by atoms with van der Waals surface area (Å²) in [5.74, 6) is -1.03. The normalized spacial score (nSPS) is 19.7. The summed E-state index contributed by atoms with van der Waals surface area (Å²) in [4.78, 5) is 27.4. The number of carbonyl (C=O) groups is 2. The summed E-state index contributed by atoms with van der Waals surface area (Å²) >= 11 is 0. The summed E-state index contributed by atoms with van der Waals surface area (Å²) in [6.45, 7) is 3.92. The summed E-state index contributed by atoms with van der Waals surface area (Å²) in [5, 5.41) is 0. The maximum Gasteiger partial charge on any atom is 0.318 e. The zero-order valence-electron chi connectivity index (χ0n) is 16.0. The summed E-state index contributed by atoms with van der Waals surface area (Å²) in [6, 6.07) is 19.5. The lowest BCUT2D eigenvalue weighted by Gasteiger charge is -2.38. The monoisotopic (exact) mass is 365 g/mol. The molecule has 4 heteroatoms. The highest BCUT2D eigenvalue weighted by atomic mass is 16.5. The first-order chi connectivity index (χ1) is 13.1. The quantitative estimate of drug-likeness (QED) is 0.748. The number of esters is 1. The van der Waals surface area contributed by atoms with E-state index in [1.807, 2.05) is 65.6 Å². The molecule has 0 saturated carbocycles. The third kappa shape index (κ3) is 4.57. The van der Waals surface area contributed by atoms with Crippen LogP contribution in [0, 0.1) is 0 Å². The van der Waals surface area contributed by atoms with Gasteiger partial charge in [-0.3, -0.25) is 9.59 Å². The summed E-state index contributed by atoms with van der Waals surface area (Å²) < 4.78 is 5.49. The van der Waals surface area contributed by atoms with E-state index in [9.17, 15) is 9.59 Å². The standard InChI is InChI=1S/C23H27NO3/c1-17-10-9-11-18(2)24(17)21(25)16-27-23(26)22(19-12-5-3-6-13-19)20-14-7-4-8-15-20/h3-8,12-15,17-18,22H,9-11,16H2,1-2H3. The van der Waals surface area contributed by atoms with Crippen molar-refractivity contribution in [3.05, 3.63) is 71.8 Å². The highest BCUT2D eigenvalue weighted by Crippen LogP contribution is 2.27. The lowest BCUT2D eigenvalue weighted by molar-refractivity contribution is -0.155. The number of carbonyl (C=O) groups excluding carboxylic acids is 2. The summed E-state index contributed by atoms with van der Waals surface area (Å²) in [6.07, 6.45) is 3.14. The Morgan fingerprint density at radius 2 is 1.41 bits per heavy atom. The van der Waals surface area contributed by atoms with Crippen molar-refractivity contribution in [2.24, 2.45) is 0 Å². The molecule has 1 fully saturated rings. The predicted octanol–water partition coefficient (Wildman–Crippen LogP) is 4.15. The van der Waals surface area contributed by atoms with Gasteiger partial charge < -0.3 is 9.64 Å². The molecule has 0 bridgehead atoms. The summed E-state index contributed by atoms with van der Waals surface area (Å²) in [7, 11) is 0. The smallest absolute Gasteiger partial charge is 0.318 e. The third-order valence-electron chi connectivity index (χ3n) is 5.32. The molecule has 1 aliphatic rings. The van der Waals surface area contributed by atoms with Crippen LogP contribution in [0.2, 0.25) is 0 Å². The average Bonchev–Trinajstić information content (AvgIpc) is 2.68. The Kier molecular flexibility index (Phi) is 6.28. The van der Waals surface area contributed by atoms with Crippen molar-refractivity contribution in [2.75, 3.05) is 6.61 Å². The van der Waals surface area contributed by atoms with Crippen LogP contribution in [-0.4, -0.2) is 35.5 Å². The van der Waals surface area contributed by atoms with E-state index in [4.69, 9.17) is 4.74 Å². The molecule has 1 amide bonds. The molecule has 2 unspecified atom stereocenters. The van der Waals surface area contributed by atoms with Crippen LogP contribution >= 0.6 is 0 Å². The maximum absolute atomic E-state index is 12.9. The molecule has 0 spiro atoms. The van der Waals surface area contributed by atoms with Crippen LogP contribution in [0.25, 0.3) is 0 Å². The molecule has 0 aliphatic carbocycles. The fourth-order valence-corrected chi connectivity index (χ4v) is 3.96. The van der Waals surface area contributed by atoms with Crippen LogP contribution in [0.15, 0.2) is 60.7 Å². The molecule has 27 heavy (non-hydrogen) atoms. The number of benzene rings is 2. The van der Waals surface area contributed by atoms with Crippen LogP contribution in [0.3, 0.4) is 0 Å². The zero-order valence-corrected chi connectivity index (χ0v) is 16.0.